The summed E-state index contributed by atoms with van der Waals surface area (Å²) < 4.78 is 9.53. The fraction of sp³-hybridized carbons (Fsp3) is 0.167. The van der Waals surface area contributed by atoms with Gasteiger partial charge in [0.2, 0.25) is 0 Å². The second-order valence-corrected chi connectivity index (χ2v) is 6.41. The number of H-pyrrole nitrogens is 1. The zero-order valence-corrected chi connectivity index (χ0v) is 15.6. The highest BCUT2D eigenvalue weighted by Gasteiger charge is 2.15. The van der Waals surface area contributed by atoms with Crippen LogP contribution in [-0.2, 0) is 25.5 Å². The standard InChI is InChI=1S/C18H16N4O5S/c1-26-16(24)7-12-10-28-18(19-12)20-15(23)9-27-17(25)14-8-13(21-22-14)11-5-3-2-4-6-11/h2-6,8,10H,7,9H2,1H3,(H,21,22)(H,19,20,23). The summed E-state index contributed by atoms with van der Waals surface area (Å²) in [7, 11) is 1.29. The molecule has 0 aliphatic rings. The number of anilines is 1. The van der Waals surface area contributed by atoms with Gasteiger partial charge in [0.1, 0.15) is 5.69 Å². The SMILES string of the molecule is COC(=O)Cc1csc(NC(=O)COC(=O)c2cc(-c3ccccc3)n[nH]2)n1. The molecule has 28 heavy (non-hydrogen) atoms. The van der Waals surface area contributed by atoms with Crippen LogP contribution >= 0.6 is 11.3 Å². The summed E-state index contributed by atoms with van der Waals surface area (Å²) in [5, 5.41) is 11.1. The van der Waals surface area contributed by atoms with Crippen molar-refractivity contribution in [3.63, 3.8) is 0 Å². The summed E-state index contributed by atoms with van der Waals surface area (Å²) in [6.07, 6.45) is 0.0153. The Hall–Kier alpha value is -3.53. The van der Waals surface area contributed by atoms with Crippen LogP contribution in [0.4, 0.5) is 5.13 Å². The number of nitrogens with one attached hydrogen (secondary N) is 2. The number of methoxy groups -OCH3 is 1. The molecule has 3 rings (SSSR count). The molecule has 2 heterocycles. The molecule has 3 aromatic rings. The fourth-order valence-electron chi connectivity index (χ4n) is 2.21. The molecule has 0 unspecified atom stereocenters. The van der Waals surface area contributed by atoms with Gasteiger partial charge in [-0.15, -0.1) is 11.3 Å². The van der Waals surface area contributed by atoms with Crippen molar-refractivity contribution in [3.8, 4) is 11.3 Å². The number of rotatable bonds is 7. The first-order chi connectivity index (χ1) is 13.5. The van der Waals surface area contributed by atoms with Crippen molar-refractivity contribution >= 4 is 34.3 Å². The van der Waals surface area contributed by atoms with E-state index in [0.717, 1.165) is 16.9 Å². The number of benzene rings is 1. The predicted octanol–water partition coefficient (Wildman–Crippen LogP) is 2.04. The topological polar surface area (TPSA) is 123 Å². The van der Waals surface area contributed by atoms with E-state index in [1.54, 1.807) is 11.4 Å². The molecule has 0 aliphatic heterocycles. The van der Waals surface area contributed by atoms with Crippen molar-refractivity contribution in [1.82, 2.24) is 15.2 Å². The van der Waals surface area contributed by atoms with Gasteiger partial charge in [-0.25, -0.2) is 9.78 Å². The van der Waals surface area contributed by atoms with E-state index in [2.05, 4.69) is 25.2 Å². The molecular weight excluding hydrogens is 384 g/mol. The summed E-state index contributed by atoms with van der Waals surface area (Å²) in [4.78, 5) is 39.3. The van der Waals surface area contributed by atoms with Crippen molar-refractivity contribution in [2.24, 2.45) is 0 Å². The molecule has 1 amide bonds. The third-order valence-corrected chi connectivity index (χ3v) is 4.36. The van der Waals surface area contributed by atoms with E-state index >= 15 is 0 Å². The molecular formula is C18H16N4O5S. The Bertz CT molecular complexity index is 983. The number of nitrogens with zero attached hydrogens (tertiary/aromatic N) is 2. The van der Waals surface area contributed by atoms with Crippen LogP contribution in [0.1, 0.15) is 16.2 Å². The van der Waals surface area contributed by atoms with Crippen molar-refractivity contribution in [3.05, 3.63) is 53.2 Å². The maximum Gasteiger partial charge on any atom is 0.356 e. The van der Waals surface area contributed by atoms with Gasteiger partial charge in [-0.3, -0.25) is 20.0 Å². The zero-order valence-electron chi connectivity index (χ0n) is 14.8. The molecule has 0 radical (unpaired) electrons. The van der Waals surface area contributed by atoms with Crippen LogP contribution in [-0.4, -0.2) is 46.7 Å². The van der Waals surface area contributed by atoms with Gasteiger partial charge < -0.3 is 9.47 Å². The molecule has 0 saturated heterocycles. The smallest absolute Gasteiger partial charge is 0.356 e. The minimum absolute atomic E-state index is 0.0153. The van der Waals surface area contributed by atoms with Crippen LogP contribution in [0, 0.1) is 0 Å². The first-order valence-corrected chi connectivity index (χ1v) is 9.02. The van der Waals surface area contributed by atoms with Crippen LogP contribution in [0.3, 0.4) is 0 Å². The molecule has 0 spiro atoms. The van der Waals surface area contributed by atoms with Gasteiger partial charge in [-0.2, -0.15) is 5.10 Å². The van der Waals surface area contributed by atoms with Crippen molar-refractivity contribution < 1.29 is 23.9 Å². The molecule has 9 nitrogen and oxygen atoms in total. The first kappa shape index (κ1) is 19.2. The molecule has 1 aromatic carbocycles. The van der Waals surface area contributed by atoms with Crippen LogP contribution in [0.25, 0.3) is 11.3 Å². The lowest BCUT2D eigenvalue weighted by molar-refractivity contribution is -0.139. The third kappa shape index (κ3) is 5.01. The number of carbonyl (C=O) groups is 3. The Labute approximate surface area is 163 Å². The van der Waals surface area contributed by atoms with E-state index in [-0.39, 0.29) is 12.1 Å². The van der Waals surface area contributed by atoms with E-state index < -0.39 is 24.5 Å². The molecule has 2 N–H and O–H groups in total. The quantitative estimate of drug-likeness (QED) is 0.582. The molecule has 2 aromatic heterocycles. The summed E-state index contributed by atoms with van der Waals surface area (Å²) in [6.45, 7) is -0.482. The fourth-order valence-corrected chi connectivity index (χ4v) is 2.94. The average Bonchev–Trinajstić information content (AvgIpc) is 3.36. The number of amides is 1. The highest BCUT2D eigenvalue weighted by molar-refractivity contribution is 7.13. The third-order valence-electron chi connectivity index (χ3n) is 3.55. The van der Waals surface area contributed by atoms with Crippen molar-refractivity contribution in [1.29, 1.82) is 0 Å². The monoisotopic (exact) mass is 400 g/mol. The maximum atomic E-state index is 12.1. The lowest BCUT2D eigenvalue weighted by atomic mass is 10.1. The summed E-state index contributed by atoms with van der Waals surface area (Å²) in [6, 6.07) is 10.9. The molecule has 0 bridgehead atoms. The second-order valence-electron chi connectivity index (χ2n) is 5.55. The van der Waals surface area contributed by atoms with E-state index in [0.29, 0.717) is 16.5 Å². The molecule has 0 saturated carbocycles. The van der Waals surface area contributed by atoms with Crippen LogP contribution in [0.5, 0.6) is 0 Å². The summed E-state index contributed by atoms with van der Waals surface area (Å²) in [5.41, 5.74) is 2.07. The van der Waals surface area contributed by atoms with Crippen LogP contribution in [0.15, 0.2) is 41.8 Å². The van der Waals surface area contributed by atoms with Gasteiger partial charge >= 0.3 is 11.9 Å². The van der Waals surface area contributed by atoms with Gasteiger partial charge in [-0.1, -0.05) is 30.3 Å². The number of ether oxygens (including phenoxy) is 2. The van der Waals surface area contributed by atoms with Gasteiger partial charge in [0.15, 0.2) is 11.7 Å². The lowest BCUT2D eigenvalue weighted by Gasteiger charge is -2.03. The lowest BCUT2D eigenvalue weighted by Crippen LogP contribution is -2.21. The number of hydrogen-bond donors (Lipinski definition) is 2. The van der Waals surface area contributed by atoms with Crippen LogP contribution < -0.4 is 5.32 Å². The molecule has 0 aliphatic carbocycles. The van der Waals surface area contributed by atoms with Gasteiger partial charge in [0, 0.05) is 10.9 Å². The van der Waals surface area contributed by atoms with Gasteiger partial charge in [0.05, 0.1) is 24.9 Å². The second kappa shape index (κ2) is 8.91. The largest absolute Gasteiger partial charge is 0.469 e. The Morgan fingerprint density at radius 1 is 1.21 bits per heavy atom. The van der Waals surface area contributed by atoms with Crippen molar-refractivity contribution in [2.45, 2.75) is 6.42 Å². The summed E-state index contributed by atoms with van der Waals surface area (Å²) in [5.74, 6) is -1.67. The minimum Gasteiger partial charge on any atom is -0.469 e. The van der Waals surface area contributed by atoms with E-state index in [1.165, 1.54) is 7.11 Å². The van der Waals surface area contributed by atoms with Crippen LogP contribution in [0.2, 0.25) is 0 Å². The predicted molar refractivity (Wildman–Crippen MR) is 101 cm³/mol. The first-order valence-electron chi connectivity index (χ1n) is 8.14. The zero-order chi connectivity index (χ0) is 19.9. The Balaban J connectivity index is 1.50. The van der Waals surface area contributed by atoms with E-state index in [4.69, 9.17) is 4.74 Å². The van der Waals surface area contributed by atoms with E-state index in [9.17, 15) is 14.4 Å². The average molecular weight is 400 g/mol. The number of carbonyl (C=O) groups excluding carboxylic acids is 3. The number of thiazole rings is 1. The van der Waals surface area contributed by atoms with E-state index in [1.807, 2.05) is 30.3 Å². The molecule has 0 atom stereocenters. The summed E-state index contributed by atoms with van der Waals surface area (Å²) >= 11 is 1.15. The Morgan fingerprint density at radius 2 is 2.00 bits per heavy atom. The highest BCUT2D eigenvalue weighted by atomic mass is 32.1. The molecule has 10 heteroatoms. The van der Waals surface area contributed by atoms with Gasteiger partial charge in [-0.05, 0) is 6.07 Å². The normalized spacial score (nSPS) is 10.3. The number of aromatic amines is 1. The number of aromatic nitrogens is 3. The Kier molecular flexibility index (Phi) is 6.12. The number of esters is 2. The Morgan fingerprint density at radius 3 is 2.75 bits per heavy atom. The van der Waals surface area contributed by atoms with Gasteiger partial charge in [0.25, 0.3) is 5.91 Å². The molecule has 144 valence electrons. The maximum absolute atomic E-state index is 12.1. The van der Waals surface area contributed by atoms with Crippen molar-refractivity contribution in [2.75, 3.05) is 19.0 Å². The minimum atomic E-state index is -0.699. The molecule has 0 fully saturated rings. The number of hydrogen-bond acceptors (Lipinski definition) is 8. The highest BCUT2D eigenvalue weighted by Crippen LogP contribution is 2.18.